The molecule has 0 saturated heterocycles. The second-order valence-corrected chi connectivity index (χ2v) is 6.42. The molecule has 0 amide bonds. The van der Waals surface area contributed by atoms with Crippen molar-refractivity contribution in [2.45, 2.75) is 0 Å². The largest absolute Gasteiger partial charge is 0.289 e. The Kier molecular flexibility index (Phi) is 4.61. The van der Waals surface area contributed by atoms with E-state index in [1.165, 1.54) is 0 Å². The zero-order chi connectivity index (χ0) is 15.4. The van der Waals surface area contributed by atoms with Gasteiger partial charge in [0.25, 0.3) is 0 Å². The number of carbonyl (C=O) groups is 1. The number of ketones is 1. The van der Waals surface area contributed by atoms with Crippen LogP contribution in [-0.4, -0.2) is 10.8 Å². The first-order valence-corrected chi connectivity index (χ1v) is 8.38. The maximum absolute atomic E-state index is 12.1. The number of rotatable bonds is 4. The van der Waals surface area contributed by atoms with Gasteiger partial charge in [0.15, 0.2) is 5.78 Å². The van der Waals surface area contributed by atoms with E-state index < -0.39 is 0 Å². The molecule has 0 spiro atoms. The number of hydrogen-bond acceptors (Lipinski definition) is 3. The highest BCUT2D eigenvalue weighted by Gasteiger charge is 2.04. The van der Waals surface area contributed by atoms with E-state index in [1.807, 2.05) is 47.8 Å². The molecule has 108 valence electrons. The van der Waals surface area contributed by atoms with Gasteiger partial charge in [-0.2, -0.15) is 0 Å². The molecule has 4 heteroatoms. The quantitative estimate of drug-likeness (QED) is 0.450. The van der Waals surface area contributed by atoms with Gasteiger partial charge >= 0.3 is 0 Å². The van der Waals surface area contributed by atoms with E-state index in [0.29, 0.717) is 5.56 Å². The van der Waals surface area contributed by atoms with Gasteiger partial charge in [0.05, 0.1) is 5.69 Å². The lowest BCUT2D eigenvalue weighted by molar-refractivity contribution is 0.104. The molecule has 1 aromatic heterocycles. The summed E-state index contributed by atoms with van der Waals surface area (Å²) in [4.78, 5) is 16.6. The lowest BCUT2D eigenvalue weighted by Gasteiger charge is -1.95. The summed E-state index contributed by atoms with van der Waals surface area (Å²) < 4.78 is 0.958. The molecule has 22 heavy (non-hydrogen) atoms. The fourth-order valence-corrected chi connectivity index (χ4v) is 3.01. The summed E-state index contributed by atoms with van der Waals surface area (Å²) in [5.74, 6) is -0.0261. The van der Waals surface area contributed by atoms with Crippen molar-refractivity contribution in [3.8, 4) is 10.6 Å². The molecule has 0 radical (unpaired) electrons. The topological polar surface area (TPSA) is 30.0 Å². The number of halogens is 1. The summed E-state index contributed by atoms with van der Waals surface area (Å²) in [6.07, 6.45) is 3.32. The van der Waals surface area contributed by atoms with Crippen LogP contribution in [0.2, 0.25) is 0 Å². The number of benzene rings is 2. The number of thiazole rings is 1. The van der Waals surface area contributed by atoms with Crippen LogP contribution in [0.3, 0.4) is 0 Å². The average molecular weight is 370 g/mol. The van der Waals surface area contributed by atoms with E-state index in [2.05, 4.69) is 20.9 Å². The van der Waals surface area contributed by atoms with Gasteiger partial charge in [-0.3, -0.25) is 4.79 Å². The number of hydrogen-bond donors (Lipinski definition) is 0. The first-order chi connectivity index (χ1) is 10.7. The average Bonchev–Trinajstić information content (AvgIpc) is 3.03. The van der Waals surface area contributed by atoms with Gasteiger partial charge in [-0.1, -0.05) is 46.3 Å². The summed E-state index contributed by atoms with van der Waals surface area (Å²) in [6, 6.07) is 17.3. The van der Waals surface area contributed by atoms with Crippen molar-refractivity contribution < 1.29 is 4.79 Å². The molecule has 3 rings (SSSR count). The molecule has 3 aromatic rings. The Bertz CT molecular complexity index is 807. The molecule has 1 heterocycles. The maximum atomic E-state index is 12.1. The van der Waals surface area contributed by atoms with Crippen molar-refractivity contribution >= 4 is 39.1 Å². The normalized spacial score (nSPS) is 11.0. The standard InChI is InChI=1S/C18H12BrNOS/c19-15-8-6-13(7-9-15)17(21)11-10-16-12-22-18(20-16)14-4-2-1-3-5-14/h1-12H. The Balaban J connectivity index is 1.75. The second-order valence-electron chi connectivity index (χ2n) is 4.65. The molecular formula is C18H12BrNOS. The van der Waals surface area contributed by atoms with Crippen molar-refractivity contribution in [2.75, 3.05) is 0 Å². The van der Waals surface area contributed by atoms with E-state index in [-0.39, 0.29) is 5.78 Å². The van der Waals surface area contributed by atoms with Crippen molar-refractivity contribution in [1.82, 2.24) is 4.98 Å². The van der Waals surface area contributed by atoms with Crippen molar-refractivity contribution in [3.63, 3.8) is 0 Å². The van der Waals surface area contributed by atoms with E-state index in [1.54, 1.807) is 35.6 Å². The minimum atomic E-state index is -0.0261. The molecule has 0 saturated carbocycles. The number of allylic oxidation sites excluding steroid dienone is 1. The Morgan fingerprint density at radius 2 is 1.77 bits per heavy atom. The van der Waals surface area contributed by atoms with Gasteiger partial charge in [-0.15, -0.1) is 11.3 Å². The summed E-state index contributed by atoms with van der Waals surface area (Å²) in [7, 11) is 0. The van der Waals surface area contributed by atoms with Crippen molar-refractivity contribution in [3.05, 3.63) is 81.8 Å². The molecular weight excluding hydrogens is 358 g/mol. The lowest BCUT2D eigenvalue weighted by atomic mass is 10.1. The zero-order valence-corrected chi connectivity index (χ0v) is 14.0. The summed E-state index contributed by atoms with van der Waals surface area (Å²) in [5, 5.41) is 2.91. The van der Waals surface area contributed by atoms with Crippen LogP contribution < -0.4 is 0 Å². The molecule has 2 nitrogen and oxygen atoms in total. The van der Waals surface area contributed by atoms with Gasteiger partial charge in [0, 0.05) is 21.0 Å². The highest BCUT2D eigenvalue weighted by atomic mass is 79.9. The molecule has 0 N–H and O–H groups in total. The molecule has 0 aliphatic heterocycles. The van der Waals surface area contributed by atoms with Crippen LogP contribution in [0.1, 0.15) is 16.1 Å². The number of nitrogens with zero attached hydrogens (tertiary/aromatic N) is 1. The Hall–Kier alpha value is -2.04. The van der Waals surface area contributed by atoms with E-state index in [9.17, 15) is 4.79 Å². The van der Waals surface area contributed by atoms with Crippen LogP contribution in [0.4, 0.5) is 0 Å². The first kappa shape index (κ1) is 14.9. The highest BCUT2D eigenvalue weighted by Crippen LogP contribution is 2.23. The van der Waals surface area contributed by atoms with Crippen molar-refractivity contribution in [1.29, 1.82) is 0 Å². The van der Waals surface area contributed by atoms with E-state index >= 15 is 0 Å². The molecule has 0 aliphatic carbocycles. The Morgan fingerprint density at radius 3 is 2.50 bits per heavy atom. The molecule has 0 bridgehead atoms. The molecule has 2 aromatic carbocycles. The highest BCUT2D eigenvalue weighted by molar-refractivity contribution is 9.10. The van der Waals surface area contributed by atoms with Gasteiger partial charge in [0.1, 0.15) is 5.01 Å². The Morgan fingerprint density at radius 1 is 1.05 bits per heavy atom. The maximum Gasteiger partial charge on any atom is 0.185 e. The predicted molar refractivity (Wildman–Crippen MR) is 95.1 cm³/mol. The van der Waals surface area contributed by atoms with Gasteiger partial charge in [0.2, 0.25) is 0 Å². The van der Waals surface area contributed by atoms with Crippen LogP contribution in [0.15, 0.2) is 70.5 Å². The van der Waals surface area contributed by atoms with Crippen molar-refractivity contribution in [2.24, 2.45) is 0 Å². The number of aromatic nitrogens is 1. The van der Waals surface area contributed by atoms with Crippen LogP contribution in [-0.2, 0) is 0 Å². The molecule has 0 aliphatic rings. The SMILES string of the molecule is O=C(C=Cc1csc(-c2ccccc2)n1)c1ccc(Br)cc1. The number of carbonyl (C=O) groups excluding carboxylic acids is 1. The van der Waals surface area contributed by atoms with Crippen LogP contribution in [0.5, 0.6) is 0 Å². The Labute approximate surface area is 141 Å². The summed E-state index contributed by atoms with van der Waals surface area (Å²) >= 11 is 4.93. The molecule has 0 unspecified atom stereocenters. The third-order valence-corrected chi connectivity index (χ3v) is 4.52. The zero-order valence-electron chi connectivity index (χ0n) is 11.6. The lowest BCUT2D eigenvalue weighted by Crippen LogP contribution is -1.93. The van der Waals surface area contributed by atoms with Gasteiger partial charge in [-0.05, 0) is 36.4 Å². The van der Waals surface area contributed by atoms with Gasteiger partial charge < -0.3 is 0 Å². The summed E-state index contributed by atoms with van der Waals surface area (Å²) in [5.41, 5.74) is 2.55. The third-order valence-electron chi connectivity index (χ3n) is 3.08. The first-order valence-electron chi connectivity index (χ1n) is 6.71. The van der Waals surface area contributed by atoms with Crippen LogP contribution in [0, 0.1) is 0 Å². The predicted octanol–water partition coefficient (Wildman–Crippen LogP) is 5.47. The van der Waals surface area contributed by atoms with Gasteiger partial charge in [-0.25, -0.2) is 4.98 Å². The molecule has 0 atom stereocenters. The smallest absolute Gasteiger partial charge is 0.185 e. The van der Waals surface area contributed by atoms with Crippen LogP contribution >= 0.6 is 27.3 Å². The third kappa shape index (κ3) is 3.59. The fraction of sp³-hybridized carbons (Fsp3) is 0. The minimum Gasteiger partial charge on any atom is -0.289 e. The monoisotopic (exact) mass is 369 g/mol. The summed E-state index contributed by atoms with van der Waals surface area (Å²) in [6.45, 7) is 0. The second kappa shape index (κ2) is 6.81. The van der Waals surface area contributed by atoms with E-state index in [4.69, 9.17) is 0 Å². The van der Waals surface area contributed by atoms with E-state index in [0.717, 1.165) is 20.7 Å². The minimum absolute atomic E-state index is 0.0261. The molecule has 0 fully saturated rings. The fourth-order valence-electron chi connectivity index (χ4n) is 1.95. The van der Waals surface area contributed by atoms with Crippen LogP contribution in [0.25, 0.3) is 16.6 Å².